The van der Waals surface area contributed by atoms with Gasteiger partial charge in [-0.15, -0.1) is 0 Å². The lowest BCUT2D eigenvalue weighted by Crippen LogP contribution is -2.55. The minimum atomic E-state index is -4.54. The number of ether oxygens (including phenoxy) is 1. The van der Waals surface area contributed by atoms with Crippen LogP contribution in [-0.4, -0.2) is 55.8 Å². The molecule has 1 unspecified atom stereocenters. The van der Waals surface area contributed by atoms with Gasteiger partial charge in [0.1, 0.15) is 18.3 Å². The molecule has 4 aromatic rings. The highest BCUT2D eigenvalue weighted by atomic mass is 32.2. The van der Waals surface area contributed by atoms with E-state index in [1.807, 2.05) is 61.5 Å². The van der Waals surface area contributed by atoms with Crippen LogP contribution in [0.1, 0.15) is 54.4 Å². The van der Waals surface area contributed by atoms with Gasteiger partial charge in [-0.3, -0.25) is 24.0 Å². The van der Waals surface area contributed by atoms with Crippen LogP contribution in [0.2, 0.25) is 0 Å². The molecule has 1 N–H and O–H groups in total. The van der Waals surface area contributed by atoms with Crippen molar-refractivity contribution in [1.29, 1.82) is 0 Å². The SMILES string of the molecule is COc1ccc(N(CC(=O)N(Cc2ccccc2C)C(Cc2ccccc2)C(=O)NC2CCCCC2)S(=O)(=O)c2ccc(C)c([N+](=O)[O-])c2)cc1. The molecule has 0 saturated heterocycles. The Labute approximate surface area is 299 Å². The molecule has 1 aliphatic rings. The fraction of sp³-hybridized carbons (Fsp3) is 0.333. The van der Waals surface area contributed by atoms with Gasteiger partial charge >= 0.3 is 0 Å². The Balaban J connectivity index is 1.60. The maximum Gasteiger partial charge on any atom is 0.273 e. The van der Waals surface area contributed by atoms with E-state index in [4.69, 9.17) is 4.74 Å². The van der Waals surface area contributed by atoms with Crippen LogP contribution >= 0.6 is 0 Å². The van der Waals surface area contributed by atoms with Gasteiger partial charge in [-0.1, -0.05) is 79.9 Å². The zero-order chi connectivity index (χ0) is 36.5. The Morgan fingerprint density at radius 2 is 1.57 bits per heavy atom. The molecule has 11 nitrogen and oxygen atoms in total. The molecule has 268 valence electrons. The largest absolute Gasteiger partial charge is 0.497 e. The number of carbonyl (C=O) groups is 2. The molecule has 0 aliphatic heterocycles. The van der Waals surface area contributed by atoms with Gasteiger partial charge < -0.3 is 15.0 Å². The van der Waals surface area contributed by atoms with Gasteiger partial charge in [0.05, 0.1) is 22.6 Å². The third-order valence-corrected chi connectivity index (χ3v) is 11.2. The standard InChI is InChI=1S/C39H44N4O7S/c1-28-12-10-11-15-31(28)26-41(37(24-30-13-6-4-7-14-30)39(45)40-32-16-8-5-9-17-32)38(44)27-42(33-19-21-34(50-3)22-20-33)51(48,49)35-23-18-29(2)36(25-35)43(46)47/h4,6-7,10-15,18-23,25,32,37H,5,8-9,16-17,24,26-27H2,1-3H3,(H,40,45). The highest BCUT2D eigenvalue weighted by Gasteiger charge is 2.36. The molecule has 4 aromatic carbocycles. The van der Waals surface area contributed by atoms with Crippen LogP contribution in [0.4, 0.5) is 11.4 Å². The van der Waals surface area contributed by atoms with Crippen molar-refractivity contribution in [3.8, 4) is 5.75 Å². The molecule has 51 heavy (non-hydrogen) atoms. The molecule has 12 heteroatoms. The Bertz CT molecular complexity index is 1950. The zero-order valence-corrected chi connectivity index (χ0v) is 30.0. The number of benzene rings is 4. The van der Waals surface area contributed by atoms with E-state index in [0.717, 1.165) is 59.2 Å². The Kier molecular flexibility index (Phi) is 12.1. The van der Waals surface area contributed by atoms with Gasteiger partial charge in [0.15, 0.2) is 0 Å². The summed E-state index contributed by atoms with van der Waals surface area (Å²) in [5.41, 5.74) is 2.64. The van der Waals surface area contributed by atoms with Crippen molar-refractivity contribution in [2.45, 2.75) is 75.9 Å². The summed E-state index contributed by atoms with van der Waals surface area (Å²) in [6.07, 6.45) is 5.02. The summed E-state index contributed by atoms with van der Waals surface area (Å²) in [6, 6.07) is 25.8. The molecule has 0 heterocycles. The number of nitrogens with one attached hydrogen (secondary N) is 1. The molecule has 1 atom stereocenters. The highest BCUT2D eigenvalue weighted by Crippen LogP contribution is 2.30. The zero-order valence-electron chi connectivity index (χ0n) is 29.2. The minimum Gasteiger partial charge on any atom is -0.497 e. The summed E-state index contributed by atoms with van der Waals surface area (Å²) in [5, 5.41) is 15.0. The van der Waals surface area contributed by atoms with Crippen molar-refractivity contribution >= 4 is 33.2 Å². The predicted molar refractivity (Wildman–Crippen MR) is 196 cm³/mol. The van der Waals surface area contributed by atoms with Crippen molar-refractivity contribution in [3.63, 3.8) is 0 Å². The fourth-order valence-electron chi connectivity index (χ4n) is 6.42. The molecule has 0 spiro atoms. The summed E-state index contributed by atoms with van der Waals surface area (Å²) in [7, 11) is -3.06. The van der Waals surface area contributed by atoms with Crippen LogP contribution in [0.15, 0.2) is 102 Å². The number of hydrogen-bond donors (Lipinski definition) is 1. The molecule has 1 fully saturated rings. The maximum atomic E-state index is 14.8. The average Bonchev–Trinajstić information content (AvgIpc) is 3.13. The van der Waals surface area contributed by atoms with Crippen molar-refractivity contribution in [2.75, 3.05) is 18.0 Å². The van der Waals surface area contributed by atoms with Gasteiger partial charge in [0.2, 0.25) is 11.8 Å². The van der Waals surface area contributed by atoms with Gasteiger partial charge in [0, 0.05) is 30.6 Å². The van der Waals surface area contributed by atoms with E-state index in [1.165, 1.54) is 43.2 Å². The number of carbonyl (C=O) groups excluding carboxylic acids is 2. The van der Waals surface area contributed by atoms with Gasteiger partial charge in [-0.25, -0.2) is 8.42 Å². The van der Waals surface area contributed by atoms with Crippen LogP contribution in [-0.2, 0) is 32.6 Å². The second-order valence-corrected chi connectivity index (χ2v) is 14.8. The van der Waals surface area contributed by atoms with Crippen LogP contribution < -0.4 is 14.4 Å². The van der Waals surface area contributed by atoms with Crippen molar-refractivity contribution in [1.82, 2.24) is 10.2 Å². The topological polar surface area (TPSA) is 139 Å². The number of nitro groups is 1. The predicted octanol–water partition coefficient (Wildman–Crippen LogP) is 6.50. The Hall–Kier alpha value is -5.23. The van der Waals surface area contributed by atoms with E-state index in [9.17, 15) is 28.1 Å². The molecule has 2 amide bonds. The number of methoxy groups -OCH3 is 1. The summed E-state index contributed by atoms with van der Waals surface area (Å²) in [5.74, 6) is -0.448. The number of nitro benzene ring substituents is 1. The van der Waals surface area contributed by atoms with Gasteiger partial charge in [-0.2, -0.15) is 0 Å². The Morgan fingerprint density at radius 1 is 0.902 bits per heavy atom. The first-order valence-electron chi connectivity index (χ1n) is 17.1. The van der Waals surface area contributed by atoms with E-state index in [2.05, 4.69) is 5.32 Å². The number of anilines is 1. The Morgan fingerprint density at radius 3 is 2.22 bits per heavy atom. The van der Waals surface area contributed by atoms with Crippen molar-refractivity contribution in [2.24, 2.45) is 0 Å². The molecular weight excluding hydrogens is 669 g/mol. The molecule has 0 radical (unpaired) electrons. The van der Waals surface area contributed by atoms with Crippen molar-refractivity contribution in [3.05, 3.63) is 129 Å². The number of nitrogens with zero attached hydrogens (tertiary/aromatic N) is 3. The van der Waals surface area contributed by atoms with E-state index in [-0.39, 0.29) is 41.2 Å². The van der Waals surface area contributed by atoms with Crippen LogP contribution in [0.5, 0.6) is 5.75 Å². The highest BCUT2D eigenvalue weighted by molar-refractivity contribution is 7.92. The lowest BCUT2D eigenvalue weighted by Gasteiger charge is -2.35. The first-order valence-corrected chi connectivity index (χ1v) is 18.5. The normalized spacial score (nSPS) is 13.9. The third-order valence-electron chi connectivity index (χ3n) is 9.43. The molecular formula is C39H44N4O7S. The summed E-state index contributed by atoms with van der Waals surface area (Å²) in [6.45, 7) is 2.82. The van der Waals surface area contributed by atoms with E-state index in [1.54, 1.807) is 12.1 Å². The molecule has 0 bridgehead atoms. The average molecular weight is 713 g/mol. The second-order valence-electron chi connectivity index (χ2n) is 12.9. The first-order chi connectivity index (χ1) is 24.5. The summed E-state index contributed by atoms with van der Waals surface area (Å²) >= 11 is 0. The van der Waals surface area contributed by atoms with Crippen molar-refractivity contribution < 1.29 is 27.7 Å². The number of rotatable bonds is 14. The summed E-state index contributed by atoms with van der Waals surface area (Å²) < 4.78 is 35.1. The number of aryl methyl sites for hydroxylation is 2. The number of sulfonamides is 1. The lowest BCUT2D eigenvalue weighted by molar-refractivity contribution is -0.385. The number of hydrogen-bond acceptors (Lipinski definition) is 7. The number of amides is 2. The second kappa shape index (κ2) is 16.7. The molecule has 0 aromatic heterocycles. The van der Waals surface area contributed by atoms with Crippen LogP contribution in [0.25, 0.3) is 0 Å². The van der Waals surface area contributed by atoms with Gasteiger partial charge in [-0.05, 0) is 73.7 Å². The van der Waals surface area contributed by atoms with E-state index < -0.39 is 33.4 Å². The maximum absolute atomic E-state index is 14.8. The minimum absolute atomic E-state index is 0.0200. The summed E-state index contributed by atoms with van der Waals surface area (Å²) in [4.78, 5) is 41.4. The van der Waals surface area contributed by atoms with E-state index >= 15 is 0 Å². The molecule has 1 aliphatic carbocycles. The van der Waals surface area contributed by atoms with E-state index in [0.29, 0.717) is 11.3 Å². The van der Waals surface area contributed by atoms with Gasteiger partial charge in [0.25, 0.3) is 15.7 Å². The third kappa shape index (κ3) is 9.12. The monoisotopic (exact) mass is 712 g/mol. The molecule has 5 rings (SSSR count). The lowest BCUT2D eigenvalue weighted by atomic mass is 9.94. The smallest absolute Gasteiger partial charge is 0.273 e. The fourth-order valence-corrected chi connectivity index (χ4v) is 7.85. The van der Waals surface area contributed by atoms with Crippen LogP contribution in [0, 0.1) is 24.0 Å². The quantitative estimate of drug-likeness (QED) is 0.116. The van der Waals surface area contributed by atoms with Crippen LogP contribution in [0.3, 0.4) is 0 Å². The first kappa shape index (κ1) is 37.0. The molecule has 1 saturated carbocycles.